The van der Waals surface area contributed by atoms with Crippen molar-refractivity contribution in [3.63, 3.8) is 0 Å². The average molecular weight is 385 g/mol. The van der Waals surface area contributed by atoms with Crippen molar-refractivity contribution in [1.29, 1.82) is 0 Å². The Balaban J connectivity index is 2.08. The zero-order chi connectivity index (χ0) is 16.1. The second-order valence-corrected chi connectivity index (χ2v) is 5.41. The van der Waals surface area contributed by atoms with Gasteiger partial charge in [-0.2, -0.15) is 0 Å². The van der Waals surface area contributed by atoms with Crippen molar-refractivity contribution in [2.75, 3.05) is 17.7 Å². The number of carbonyl (C=O) groups excluding carboxylic acids is 2. The lowest BCUT2D eigenvalue weighted by Gasteiger charge is -2.08. The van der Waals surface area contributed by atoms with Crippen molar-refractivity contribution in [3.05, 3.63) is 51.7 Å². The second kappa shape index (κ2) is 7.24. The molecule has 1 heterocycles. The number of amides is 2. The number of rotatable bonds is 3. The Morgan fingerprint density at radius 2 is 1.77 bits per heavy atom. The minimum absolute atomic E-state index is 0.115. The lowest BCUT2D eigenvalue weighted by Crippen LogP contribution is -2.13. The summed E-state index contributed by atoms with van der Waals surface area (Å²) in [6.07, 6.45) is 0.940. The zero-order valence-corrected chi connectivity index (χ0v) is 13.7. The highest BCUT2D eigenvalue weighted by atomic mass is 79.9. The normalized spacial score (nSPS) is 9.95. The van der Waals surface area contributed by atoms with Crippen LogP contribution in [-0.2, 0) is 4.74 Å². The largest absolute Gasteiger partial charge is 0.453 e. The van der Waals surface area contributed by atoms with Crippen LogP contribution in [0.5, 0.6) is 0 Å². The zero-order valence-electron chi connectivity index (χ0n) is 11.4. The smallest absolute Gasteiger partial charge is 0.411 e. The molecule has 2 rings (SSSR count). The van der Waals surface area contributed by atoms with E-state index in [4.69, 9.17) is 11.6 Å². The molecule has 1 aromatic carbocycles. The van der Waals surface area contributed by atoms with Gasteiger partial charge in [0.15, 0.2) is 0 Å². The van der Waals surface area contributed by atoms with Crippen molar-refractivity contribution >= 4 is 50.9 Å². The average Bonchev–Trinajstić information content (AvgIpc) is 2.51. The summed E-state index contributed by atoms with van der Waals surface area (Å²) >= 11 is 9.14. The Kier molecular flexibility index (Phi) is 5.35. The number of pyridine rings is 1. The molecule has 0 aliphatic heterocycles. The van der Waals surface area contributed by atoms with Crippen LogP contribution in [0.25, 0.3) is 0 Å². The number of halogens is 2. The first kappa shape index (κ1) is 16.3. The van der Waals surface area contributed by atoms with Crippen molar-refractivity contribution in [3.8, 4) is 0 Å². The number of carbonyl (C=O) groups is 2. The molecular weight excluding hydrogens is 374 g/mol. The van der Waals surface area contributed by atoms with E-state index in [-0.39, 0.29) is 16.6 Å². The highest BCUT2D eigenvalue weighted by molar-refractivity contribution is 9.10. The molecule has 0 aliphatic carbocycles. The van der Waals surface area contributed by atoms with Gasteiger partial charge in [-0.05, 0) is 46.3 Å². The van der Waals surface area contributed by atoms with E-state index >= 15 is 0 Å². The molecule has 22 heavy (non-hydrogen) atoms. The molecule has 114 valence electrons. The summed E-state index contributed by atoms with van der Waals surface area (Å²) in [6.45, 7) is 0. The molecule has 0 saturated heterocycles. The van der Waals surface area contributed by atoms with Crippen LogP contribution in [0.1, 0.15) is 10.4 Å². The van der Waals surface area contributed by atoms with Gasteiger partial charge in [0.05, 0.1) is 12.7 Å². The first-order valence-corrected chi connectivity index (χ1v) is 7.24. The molecule has 2 amide bonds. The van der Waals surface area contributed by atoms with Crippen LogP contribution in [0.15, 0.2) is 41.0 Å². The lowest BCUT2D eigenvalue weighted by atomic mass is 10.2. The van der Waals surface area contributed by atoms with Crippen LogP contribution in [0, 0.1) is 0 Å². The van der Waals surface area contributed by atoms with E-state index in [1.807, 2.05) is 0 Å². The standard InChI is InChI=1S/C14H11BrClN3O3/c1-22-14(21)19-10-4-2-9(3-5-10)18-13(20)11-6-8(15)7-17-12(11)16/h2-7H,1H3,(H,18,20)(H,19,21). The fourth-order valence-electron chi connectivity index (χ4n) is 1.59. The summed E-state index contributed by atoms with van der Waals surface area (Å²) < 4.78 is 5.14. The van der Waals surface area contributed by atoms with E-state index in [9.17, 15) is 9.59 Å². The van der Waals surface area contributed by atoms with E-state index < -0.39 is 6.09 Å². The maximum absolute atomic E-state index is 12.2. The van der Waals surface area contributed by atoms with E-state index in [0.29, 0.717) is 15.8 Å². The number of aromatic nitrogens is 1. The maximum Gasteiger partial charge on any atom is 0.411 e. The van der Waals surface area contributed by atoms with Crippen LogP contribution in [0.3, 0.4) is 0 Å². The Morgan fingerprint density at radius 1 is 1.18 bits per heavy atom. The van der Waals surface area contributed by atoms with E-state index in [1.54, 1.807) is 30.3 Å². The quantitative estimate of drug-likeness (QED) is 0.786. The van der Waals surface area contributed by atoms with Crippen molar-refractivity contribution in [2.45, 2.75) is 0 Å². The molecular formula is C14H11BrClN3O3. The van der Waals surface area contributed by atoms with Gasteiger partial charge in [-0.25, -0.2) is 9.78 Å². The topological polar surface area (TPSA) is 80.3 Å². The van der Waals surface area contributed by atoms with Gasteiger partial charge in [-0.3, -0.25) is 10.1 Å². The molecule has 6 nitrogen and oxygen atoms in total. The van der Waals surface area contributed by atoms with Crippen LogP contribution < -0.4 is 10.6 Å². The Morgan fingerprint density at radius 3 is 2.36 bits per heavy atom. The molecule has 0 spiro atoms. The fourth-order valence-corrected chi connectivity index (χ4v) is 2.11. The monoisotopic (exact) mass is 383 g/mol. The van der Waals surface area contributed by atoms with E-state index in [0.717, 1.165) is 0 Å². The van der Waals surface area contributed by atoms with Crippen LogP contribution in [-0.4, -0.2) is 24.1 Å². The van der Waals surface area contributed by atoms with Gasteiger partial charge in [0.2, 0.25) is 0 Å². The van der Waals surface area contributed by atoms with E-state index in [1.165, 1.54) is 13.3 Å². The Labute approximate surface area is 140 Å². The number of anilines is 2. The Bertz CT molecular complexity index is 707. The summed E-state index contributed by atoms with van der Waals surface area (Å²) in [5, 5.41) is 5.32. The van der Waals surface area contributed by atoms with Crippen LogP contribution in [0.2, 0.25) is 5.15 Å². The van der Waals surface area contributed by atoms with Crippen LogP contribution >= 0.6 is 27.5 Å². The molecule has 0 atom stereocenters. The molecule has 2 N–H and O–H groups in total. The van der Waals surface area contributed by atoms with Crippen molar-refractivity contribution in [2.24, 2.45) is 0 Å². The van der Waals surface area contributed by atoms with Crippen molar-refractivity contribution in [1.82, 2.24) is 4.98 Å². The summed E-state index contributed by atoms with van der Waals surface area (Å²) in [5.41, 5.74) is 1.36. The van der Waals surface area contributed by atoms with Gasteiger partial charge in [0.25, 0.3) is 5.91 Å². The number of hydrogen-bond acceptors (Lipinski definition) is 4. The van der Waals surface area contributed by atoms with Gasteiger partial charge >= 0.3 is 6.09 Å². The number of ether oxygens (including phenoxy) is 1. The molecule has 0 saturated carbocycles. The molecule has 0 bridgehead atoms. The predicted octanol–water partition coefficient (Wildman–Crippen LogP) is 3.93. The maximum atomic E-state index is 12.2. The van der Waals surface area contributed by atoms with Gasteiger partial charge in [0, 0.05) is 22.0 Å². The van der Waals surface area contributed by atoms with Gasteiger partial charge in [0.1, 0.15) is 5.15 Å². The lowest BCUT2D eigenvalue weighted by molar-refractivity contribution is 0.102. The second-order valence-electron chi connectivity index (χ2n) is 4.14. The minimum Gasteiger partial charge on any atom is -0.453 e. The van der Waals surface area contributed by atoms with Crippen LogP contribution in [0.4, 0.5) is 16.2 Å². The van der Waals surface area contributed by atoms with Crippen molar-refractivity contribution < 1.29 is 14.3 Å². The summed E-state index contributed by atoms with van der Waals surface area (Å²) in [4.78, 5) is 27.1. The molecule has 0 unspecified atom stereocenters. The number of nitrogens with one attached hydrogen (secondary N) is 2. The summed E-state index contributed by atoms with van der Waals surface area (Å²) in [7, 11) is 1.28. The SMILES string of the molecule is COC(=O)Nc1ccc(NC(=O)c2cc(Br)cnc2Cl)cc1. The first-order chi connectivity index (χ1) is 10.5. The highest BCUT2D eigenvalue weighted by Gasteiger charge is 2.12. The molecule has 0 fully saturated rings. The summed E-state index contributed by atoms with van der Waals surface area (Å²) in [6, 6.07) is 8.13. The van der Waals surface area contributed by atoms with Gasteiger partial charge in [-0.15, -0.1) is 0 Å². The predicted molar refractivity (Wildman–Crippen MR) is 87.4 cm³/mol. The minimum atomic E-state index is -0.566. The summed E-state index contributed by atoms with van der Waals surface area (Å²) in [5.74, 6) is -0.382. The third-order valence-electron chi connectivity index (χ3n) is 2.62. The number of hydrogen-bond donors (Lipinski definition) is 2. The Hall–Kier alpha value is -2.12. The first-order valence-electron chi connectivity index (χ1n) is 6.07. The number of benzene rings is 1. The molecule has 0 radical (unpaired) electrons. The van der Waals surface area contributed by atoms with E-state index in [2.05, 4.69) is 36.3 Å². The highest BCUT2D eigenvalue weighted by Crippen LogP contribution is 2.20. The number of methoxy groups -OCH3 is 1. The molecule has 1 aromatic heterocycles. The fraction of sp³-hybridized carbons (Fsp3) is 0.0714. The third kappa shape index (κ3) is 4.19. The third-order valence-corrected chi connectivity index (χ3v) is 3.36. The molecule has 8 heteroatoms. The number of nitrogens with zero attached hydrogens (tertiary/aromatic N) is 1. The molecule has 0 aliphatic rings. The van der Waals surface area contributed by atoms with Gasteiger partial charge in [-0.1, -0.05) is 11.6 Å². The van der Waals surface area contributed by atoms with Gasteiger partial charge < -0.3 is 10.1 Å². The molecule has 2 aromatic rings.